The monoisotopic (exact) mass is 304 g/mol. The highest BCUT2D eigenvalue weighted by Crippen LogP contribution is 2.25. The second-order valence-corrected chi connectivity index (χ2v) is 5.46. The van der Waals surface area contributed by atoms with Crippen molar-refractivity contribution in [2.45, 2.75) is 6.42 Å². The van der Waals surface area contributed by atoms with Gasteiger partial charge >= 0.3 is 0 Å². The molecule has 1 unspecified atom stereocenters. The van der Waals surface area contributed by atoms with E-state index in [0.29, 0.717) is 18.7 Å². The molecule has 0 aliphatic carbocycles. The molecule has 1 aliphatic heterocycles. The van der Waals surface area contributed by atoms with Crippen LogP contribution >= 0.6 is 11.6 Å². The lowest BCUT2D eigenvalue weighted by atomic mass is 9.93. The normalized spacial score (nSPS) is 16.8. The van der Waals surface area contributed by atoms with Crippen LogP contribution in [0.1, 0.15) is 5.56 Å². The summed E-state index contributed by atoms with van der Waals surface area (Å²) >= 11 is 5.71. The van der Waals surface area contributed by atoms with Gasteiger partial charge in [-0.1, -0.05) is 29.8 Å². The Bertz CT molecular complexity index is 690. The van der Waals surface area contributed by atoms with E-state index in [0.717, 1.165) is 11.3 Å². The minimum atomic E-state index is -0.497. The predicted molar refractivity (Wildman–Crippen MR) is 82.2 cm³/mol. The Balaban J connectivity index is 1.70. The summed E-state index contributed by atoms with van der Waals surface area (Å²) < 4.78 is 13.1. The summed E-state index contributed by atoms with van der Waals surface area (Å²) in [4.78, 5) is 12.3. The minimum absolute atomic E-state index is 0.0000789. The number of carbonyl (C=O) groups is 1. The average Bonchev–Trinajstić information content (AvgIpc) is 2.50. The van der Waals surface area contributed by atoms with Gasteiger partial charge in [0, 0.05) is 17.9 Å². The van der Waals surface area contributed by atoms with Gasteiger partial charge in [-0.3, -0.25) is 4.79 Å². The molecular formula is C16H14ClFN2O. The van der Waals surface area contributed by atoms with Crippen LogP contribution in [-0.2, 0) is 11.2 Å². The summed E-state index contributed by atoms with van der Waals surface area (Å²) in [6.07, 6.45) is 0.684. The maximum atomic E-state index is 13.1. The first-order valence-electron chi connectivity index (χ1n) is 6.71. The lowest BCUT2D eigenvalue weighted by Crippen LogP contribution is -2.33. The molecule has 108 valence electrons. The molecule has 1 amide bonds. The zero-order valence-electron chi connectivity index (χ0n) is 11.2. The molecule has 0 bridgehead atoms. The number of hydrogen-bond donors (Lipinski definition) is 2. The van der Waals surface area contributed by atoms with Gasteiger partial charge in [0.15, 0.2) is 0 Å². The third kappa shape index (κ3) is 3.00. The minimum Gasteiger partial charge on any atom is -0.384 e. The fourth-order valence-corrected chi connectivity index (χ4v) is 2.63. The van der Waals surface area contributed by atoms with Crippen molar-refractivity contribution in [1.82, 2.24) is 0 Å². The van der Waals surface area contributed by atoms with Crippen LogP contribution in [-0.4, -0.2) is 12.5 Å². The molecule has 2 aromatic rings. The number of halogens is 2. The van der Waals surface area contributed by atoms with Crippen LogP contribution in [0.4, 0.5) is 15.8 Å². The van der Waals surface area contributed by atoms with Gasteiger partial charge in [-0.15, -0.1) is 0 Å². The number of para-hydroxylation sites is 1. The number of nitrogens with one attached hydrogen (secondary N) is 2. The molecule has 0 saturated carbocycles. The average molecular weight is 305 g/mol. The van der Waals surface area contributed by atoms with Gasteiger partial charge in [-0.25, -0.2) is 4.39 Å². The summed E-state index contributed by atoms with van der Waals surface area (Å²) in [5.41, 5.74) is 2.71. The molecule has 3 nitrogen and oxygen atoms in total. The van der Waals surface area contributed by atoms with Crippen LogP contribution in [0.2, 0.25) is 5.02 Å². The van der Waals surface area contributed by atoms with Crippen molar-refractivity contribution in [3.63, 3.8) is 0 Å². The van der Waals surface area contributed by atoms with Crippen LogP contribution in [0.3, 0.4) is 0 Å². The summed E-state index contributed by atoms with van der Waals surface area (Å²) in [6.45, 7) is 0.581. The largest absolute Gasteiger partial charge is 0.384 e. The van der Waals surface area contributed by atoms with E-state index in [-0.39, 0.29) is 16.8 Å². The molecule has 21 heavy (non-hydrogen) atoms. The topological polar surface area (TPSA) is 41.1 Å². The molecule has 0 spiro atoms. The number of benzene rings is 2. The van der Waals surface area contributed by atoms with E-state index in [1.165, 1.54) is 18.2 Å². The van der Waals surface area contributed by atoms with Crippen molar-refractivity contribution < 1.29 is 9.18 Å². The number of hydrogen-bond acceptors (Lipinski definition) is 2. The first kappa shape index (κ1) is 13.9. The molecule has 0 saturated heterocycles. The van der Waals surface area contributed by atoms with Crippen LogP contribution in [0.25, 0.3) is 0 Å². The number of fused-ring (bicyclic) bond motifs is 1. The zero-order valence-corrected chi connectivity index (χ0v) is 12.0. The third-order valence-corrected chi connectivity index (χ3v) is 3.87. The Morgan fingerprint density at radius 2 is 2.10 bits per heavy atom. The van der Waals surface area contributed by atoms with E-state index in [2.05, 4.69) is 10.6 Å². The number of amides is 1. The van der Waals surface area contributed by atoms with Crippen LogP contribution < -0.4 is 10.6 Å². The third-order valence-electron chi connectivity index (χ3n) is 3.58. The van der Waals surface area contributed by atoms with Crippen molar-refractivity contribution in [3.8, 4) is 0 Å². The molecule has 5 heteroatoms. The second-order valence-electron chi connectivity index (χ2n) is 5.06. The maximum Gasteiger partial charge on any atom is 0.229 e. The first-order chi connectivity index (χ1) is 10.1. The Kier molecular flexibility index (Phi) is 3.80. The summed E-state index contributed by atoms with van der Waals surface area (Å²) in [5, 5.41) is 6.03. The number of anilines is 2. The molecule has 2 N–H and O–H groups in total. The summed E-state index contributed by atoms with van der Waals surface area (Å²) in [7, 11) is 0. The number of carbonyl (C=O) groups excluding carboxylic acids is 1. The molecule has 1 aliphatic rings. The molecule has 2 aromatic carbocycles. The second kappa shape index (κ2) is 5.74. The van der Waals surface area contributed by atoms with E-state index in [1.807, 2.05) is 24.3 Å². The highest BCUT2D eigenvalue weighted by atomic mass is 35.5. The van der Waals surface area contributed by atoms with Gasteiger partial charge < -0.3 is 10.6 Å². The van der Waals surface area contributed by atoms with Gasteiger partial charge in [0.05, 0.1) is 10.9 Å². The maximum absolute atomic E-state index is 13.1. The molecule has 0 radical (unpaired) electrons. The van der Waals surface area contributed by atoms with Gasteiger partial charge in [0.1, 0.15) is 5.82 Å². The summed E-state index contributed by atoms with van der Waals surface area (Å²) in [5.74, 6) is -0.758. The lowest BCUT2D eigenvalue weighted by Gasteiger charge is -2.25. The first-order valence-corrected chi connectivity index (χ1v) is 7.09. The summed E-state index contributed by atoms with van der Waals surface area (Å²) in [6, 6.07) is 12.1. The molecule has 3 rings (SSSR count). The standard InChI is InChI=1S/C16H14ClFN2O/c17-13-8-12(5-6-14(13)18)20-16(21)11-7-10-3-1-2-4-15(10)19-9-11/h1-6,8,11,19H,7,9H2,(H,20,21). The van der Waals surface area contributed by atoms with Gasteiger partial charge in [0.25, 0.3) is 0 Å². The molecule has 1 heterocycles. The zero-order chi connectivity index (χ0) is 14.8. The quantitative estimate of drug-likeness (QED) is 0.888. The van der Waals surface area contributed by atoms with Gasteiger partial charge in [-0.2, -0.15) is 0 Å². The highest BCUT2D eigenvalue weighted by Gasteiger charge is 2.24. The van der Waals surface area contributed by atoms with Crippen molar-refractivity contribution in [2.24, 2.45) is 5.92 Å². The van der Waals surface area contributed by atoms with Crippen LogP contribution in [0, 0.1) is 11.7 Å². The van der Waals surface area contributed by atoms with Crippen molar-refractivity contribution in [1.29, 1.82) is 0 Å². The number of rotatable bonds is 2. The predicted octanol–water partition coefficient (Wildman–Crippen LogP) is 3.70. The Labute approximate surface area is 127 Å². The Hall–Kier alpha value is -2.07. The fourth-order valence-electron chi connectivity index (χ4n) is 2.45. The lowest BCUT2D eigenvalue weighted by molar-refractivity contribution is -0.119. The van der Waals surface area contributed by atoms with Gasteiger partial charge in [-0.05, 0) is 36.2 Å². The van der Waals surface area contributed by atoms with Gasteiger partial charge in [0.2, 0.25) is 5.91 Å². The highest BCUT2D eigenvalue weighted by molar-refractivity contribution is 6.31. The van der Waals surface area contributed by atoms with Crippen LogP contribution in [0.5, 0.6) is 0 Å². The molecule has 0 aromatic heterocycles. The van der Waals surface area contributed by atoms with E-state index in [1.54, 1.807) is 0 Å². The van der Waals surface area contributed by atoms with Crippen molar-refractivity contribution in [2.75, 3.05) is 17.2 Å². The van der Waals surface area contributed by atoms with Crippen LogP contribution in [0.15, 0.2) is 42.5 Å². The SMILES string of the molecule is O=C(Nc1ccc(F)c(Cl)c1)C1CNc2ccccc2C1. The molecule has 0 fully saturated rings. The molecular weight excluding hydrogens is 291 g/mol. The smallest absolute Gasteiger partial charge is 0.229 e. The van der Waals surface area contributed by atoms with E-state index < -0.39 is 5.82 Å². The Morgan fingerprint density at radius 3 is 2.90 bits per heavy atom. The van der Waals surface area contributed by atoms with Crippen molar-refractivity contribution >= 4 is 28.9 Å². The fraction of sp³-hybridized carbons (Fsp3) is 0.188. The molecule has 1 atom stereocenters. The van der Waals surface area contributed by atoms with Crippen molar-refractivity contribution in [3.05, 3.63) is 58.9 Å². The van der Waals surface area contributed by atoms with E-state index in [9.17, 15) is 9.18 Å². The Morgan fingerprint density at radius 1 is 1.29 bits per heavy atom. The van der Waals surface area contributed by atoms with E-state index >= 15 is 0 Å². The van der Waals surface area contributed by atoms with E-state index in [4.69, 9.17) is 11.6 Å².